The van der Waals surface area contributed by atoms with E-state index >= 15 is 0 Å². The highest BCUT2D eigenvalue weighted by molar-refractivity contribution is 6.06. The highest BCUT2D eigenvalue weighted by Crippen LogP contribution is 2.25. The first-order valence-electron chi connectivity index (χ1n) is 13.7. The van der Waals surface area contributed by atoms with Crippen molar-refractivity contribution in [2.45, 2.75) is 27.2 Å². The second-order valence-corrected chi connectivity index (χ2v) is 11.0. The lowest BCUT2D eigenvalue weighted by atomic mass is 9.98. The van der Waals surface area contributed by atoms with Gasteiger partial charge in [0.25, 0.3) is 5.91 Å². The standard InChI is InChI=1S/C31H35N7O3/c1-31(2,3)10-5-11-32-28(39)19-23-6-4-7-25(18-23)38-21-26(29-33-12-13-37(29)22-38)35-27-9-8-24(20-34-27)30(40)36-14-16-41-17-15-36/h4,6-9,12-13,18,20-21H,11,14-17,19,22H2,1-3H3,(H,32,39)(H,34,35)/q+1. The van der Waals surface area contributed by atoms with Crippen molar-refractivity contribution in [2.24, 2.45) is 10.4 Å². The van der Waals surface area contributed by atoms with Crippen LogP contribution in [0.5, 0.6) is 0 Å². The van der Waals surface area contributed by atoms with Gasteiger partial charge in [-0.05, 0) is 50.6 Å². The molecule has 41 heavy (non-hydrogen) atoms. The van der Waals surface area contributed by atoms with Gasteiger partial charge >= 0.3 is 5.84 Å². The fourth-order valence-corrected chi connectivity index (χ4v) is 4.56. The first-order valence-corrected chi connectivity index (χ1v) is 13.7. The van der Waals surface area contributed by atoms with Gasteiger partial charge in [0.2, 0.25) is 12.6 Å². The van der Waals surface area contributed by atoms with Gasteiger partial charge in [0.1, 0.15) is 11.5 Å². The van der Waals surface area contributed by atoms with Crippen molar-refractivity contribution in [2.75, 3.05) is 49.7 Å². The Hall–Kier alpha value is -4.46. The van der Waals surface area contributed by atoms with E-state index in [4.69, 9.17) is 4.74 Å². The van der Waals surface area contributed by atoms with Crippen LogP contribution in [-0.4, -0.2) is 67.1 Å². The summed E-state index contributed by atoms with van der Waals surface area (Å²) in [6.07, 6.45) is 7.53. The zero-order valence-electron chi connectivity index (χ0n) is 23.7. The molecule has 2 aromatic rings. The zero-order chi connectivity index (χ0) is 28.8. The van der Waals surface area contributed by atoms with E-state index in [1.54, 1.807) is 29.4 Å². The van der Waals surface area contributed by atoms with E-state index in [0.29, 0.717) is 50.9 Å². The molecule has 1 radical (unpaired) electrons. The summed E-state index contributed by atoms with van der Waals surface area (Å²) in [6.45, 7) is 9.30. The Morgan fingerprint density at radius 2 is 1.98 bits per heavy atom. The third-order valence-corrected chi connectivity index (χ3v) is 6.56. The molecule has 4 heterocycles. The molecule has 10 nitrogen and oxygen atoms in total. The van der Waals surface area contributed by atoms with Crippen molar-refractivity contribution in [1.29, 1.82) is 0 Å². The van der Waals surface area contributed by atoms with Gasteiger partial charge in [-0.25, -0.2) is 4.98 Å². The number of amides is 2. The quantitative estimate of drug-likeness (QED) is 0.404. The number of benzene rings is 1. The van der Waals surface area contributed by atoms with Gasteiger partial charge in [0, 0.05) is 36.6 Å². The second-order valence-electron chi connectivity index (χ2n) is 11.0. The zero-order valence-corrected chi connectivity index (χ0v) is 23.7. The number of ether oxygens (including phenoxy) is 1. The number of hydrogen-bond donors (Lipinski definition) is 2. The summed E-state index contributed by atoms with van der Waals surface area (Å²) in [4.78, 5) is 40.2. The maximum Gasteiger partial charge on any atom is 0.308 e. The number of aromatic nitrogens is 1. The number of carbonyl (C=O) groups excluding carboxylic acids is 2. The maximum absolute atomic E-state index is 12.8. The predicted molar refractivity (Wildman–Crippen MR) is 159 cm³/mol. The van der Waals surface area contributed by atoms with Gasteiger partial charge in [0.15, 0.2) is 6.20 Å². The van der Waals surface area contributed by atoms with Crippen LogP contribution >= 0.6 is 0 Å². The number of nitrogens with one attached hydrogen (secondary N) is 2. The largest absolute Gasteiger partial charge is 0.378 e. The summed E-state index contributed by atoms with van der Waals surface area (Å²) < 4.78 is 5.34. The minimum Gasteiger partial charge on any atom is -0.378 e. The summed E-state index contributed by atoms with van der Waals surface area (Å²) in [5, 5.41) is 6.24. The molecule has 1 aromatic carbocycles. The molecule has 0 aliphatic carbocycles. The SMILES string of the molecule is CC(C)(C)C#CCNC(=O)Cc1cccc(N2C=C(Nc3ccc(C(=O)N4CCOCC4)cn3)C3=NC=C[N+]3C2)c1. The van der Waals surface area contributed by atoms with Gasteiger partial charge in [-0.3, -0.25) is 14.5 Å². The molecule has 2 N–H and O–H groups in total. The smallest absolute Gasteiger partial charge is 0.308 e. The number of aliphatic imine (C=N–C) groups is 1. The molecular formula is C31H35N7O3+. The van der Waals surface area contributed by atoms with Crippen molar-refractivity contribution in [3.8, 4) is 11.8 Å². The highest BCUT2D eigenvalue weighted by Gasteiger charge is 2.36. The summed E-state index contributed by atoms with van der Waals surface area (Å²) in [7, 11) is 0. The van der Waals surface area contributed by atoms with Gasteiger partial charge in [-0.15, -0.1) is 0 Å². The van der Waals surface area contributed by atoms with Crippen LogP contribution in [0.2, 0.25) is 0 Å². The number of anilines is 2. The number of rotatable bonds is 7. The minimum absolute atomic E-state index is 0.0441. The van der Waals surface area contributed by atoms with Crippen LogP contribution < -0.4 is 20.4 Å². The molecule has 0 spiro atoms. The van der Waals surface area contributed by atoms with Gasteiger partial charge in [-0.2, -0.15) is 4.99 Å². The highest BCUT2D eigenvalue weighted by atomic mass is 16.5. The molecule has 211 valence electrons. The molecule has 0 saturated carbocycles. The normalized spacial score (nSPS) is 16.8. The monoisotopic (exact) mass is 553 g/mol. The van der Waals surface area contributed by atoms with Crippen molar-refractivity contribution in [1.82, 2.24) is 20.1 Å². The molecule has 10 heteroatoms. The van der Waals surface area contributed by atoms with Crippen molar-refractivity contribution >= 4 is 29.2 Å². The van der Waals surface area contributed by atoms with E-state index in [2.05, 4.69) is 37.4 Å². The molecule has 0 bridgehead atoms. The Balaban J connectivity index is 1.26. The van der Waals surface area contributed by atoms with Crippen LogP contribution in [0.25, 0.3) is 0 Å². The lowest BCUT2D eigenvalue weighted by Crippen LogP contribution is -2.46. The third-order valence-electron chi connectivity index (χ3n) is 6.56. The average Bonchev–Trinajstić information content (AvgIpc) is 3.45. The number of carbonyl (C=O) groups is 2. The molecule has 1 aromatic heterocycles. The first-order chi connectivity index (χ1) is 19.7. The van der Waals surface area contributed by atoms with Crippen molar-refractivity contribution < 1.29 is 14.3 Å². The van der Waals surface area contributed by atoms with E-state index in [1.807, 2.05) is 62.3 Å². The van der Waals surface area contributed by atoms with Crippen molar-refractivity contribution in [3.63, 3.8) is 0 Å². The summed E-state index contributed by atoms with van der Waals surface area (Å²) in [5.74, 6) is 7.41. The Bertz CT molecular complexity index is 1440. The lowest BCUT2D eigenvalue weighted by Gasteiger charge is -2.27. The van der Waals surface area contributed by atoms with E-state index in [0.717, 1.165) is 22.8 Å². The molecule has 2 amide bonds. The topological polar surface area (TPSA) is 105 Å². The van der Waals surface area contributed by atoms with Crippen molar-refractivity contribution in [3.05, 3.63) is 78.0 Å². The number of nitrogens with zero attached hydrogens (tertiary/aromatic N) is 5. The van der Waals surface area contributed by atoms with Gasteiger partial charge in [-0.1, -0.05) is 28.9 Å². The van der Waals surface area contributed by atoms with Gasteiger partial charge in [0.05, 0.1) is 37.9 Å². The Morgan fingerprint density at radius 3 is 2.73 bits per heavy atom. The van der Waals surface area contributed by atoms with E-state index in [1.165, 1.54) is 0 Å². The first kappa shape index (κ1) is 28.1. The average molecular weight is 554 g/mol. The molecule has 1 fully saturated rings. The van der Waals surface area contributed by atoms with Crippen LogP contribution in [-0.2, 0) is 16.0 Å². The maximum atomic E-state index is 12.8. The van der Waals surface area contributed by atoms with Crippen LogP contribution in [0.15, 0.2) is 71.9 Å². The van der Waals surface area contributed by atoms with E-state index in [9.17, 15) is 9.59 Å². The molecule has 1 saturated heterocycles. The fourth-order valence-electron chi connectivity index (χ4n) is 4.56. The lowest BCUT2D eigenvalue weighted by molar-refractivity contribution is -0.120. The van der Waals surface area contributed by atoms with Crippen LogP contribution in [0.3, 0.4) is 0 Å². The van der Waals surface area contributed by atoms with Crippen LogP contribution in [0.4, 0.5) is 11.5 Å². The number of amidine groups is 1. The van der Waals surface area contributed by atoms with E-state index in [-0.39, 0.29) is 23.7 Å². The molecule has 3 aliphatic heterocycles. The second kappa shape index (κ2) is 12.4. The molecule has 0 unspecified atom stereocenters. The van der Waals surface area contributed by atoms with E-state index < -0.39 is 0 Å². The fraction of sp³-hybridized carbons (Fsp3) is 0.355. The Labute approximate surface area is 240 Å². The Morgan fingerprint density at radius 1 is 1.15 bits per heavy atom. The van der Waals surface area contributed by atoms with Gasteiger partial charge < -0.3 is 20.3 Å². The number of hydrogen-bond acceptors (Lipinski definition) is 8. The molecule has 5 rings (SSSR count). The molecule has 0 atom stereocenters. The Kier molecular flexibility index (Phi) is 8.47. The predicted octanol–water partition coefficient (Wildman–Crippen LogP) is 3.02. The molecule has 3 aliphatic rings. The number of pyridine rings is 1. The third kappa shape index (κ3) is 7.39. The summed E-state index contributed by atoms with van der Waals surface area (Å²) in [5.41, 5.74) is 3.07. The minimum atomic E-state index is -0.0918. The number of fused-ring (bicyclic) bond motifs is 1. The number of morpholine rings is 1. The summed E-state index contributed by atoms with van der Waals surface area (Å²) in [6, 6.07) is 11.5. The van der Waals surface area contributed by atoms with Crippen LogP contribution in [0.1, 0.15) is 36.7 Å². The molecular weight excluding hydrogens is 518 g/mol. The summed E-state index contributed by atoms with van der Waals surface area (Å²) >= 11 is 0. The van der Waals surface area contributed by atoms with Crippen LogP contribution in [0, 0.1) is 17.3 Å².